The monoisotopic (exact) mass is 276 g/mol. The van der Waals surface area contributed by atoms with Crippen LogP contribution in [0.15, 0.2) is 30.7 Å². The largest absolute Gasteiger partial charge is 0.485 e. The van der Waals surface area contributed by atoms with Crippen molar-refractivity contribution in [1.29, 1.82) is 0 Å². The van der Waals surface area contributed by atoms with Gasteiger partial charge in [0.15, 0.2) is 6.29 Å². The van der Waals surface area contributed by atoms with E-state index >= 15 is 0 Å². The number of aldehydes is 1. The third-order valence-electron chi connectivity index (χ3n) is 3.18. The highest BCUT2D eigenvalue weighted by atomic mass is 35.5. The first-order valence-corrected chi connectivity index (χ1v) is 6.54. The summed E-state index contributed by atoms with van der Waals surface area (Å²) in [5, 5.41) is 0.446. The Kier molecular flexibility index (Phi) is 3.25. The second kappa shape index (κ2) is 5.05. The molecule has 1 aliphatic rings. The van der Waals surface area contributed by atoms with Crippen molar-refractivity contribution < 1.29 is 9.53 Å². The average molecular weight is 277 g/mol. The molecule has 0 radical (unpaired) electrons. The maximum Gasteiger partial charge on any atom is 0.153 e. The molecule has 0 N–H and O–H groups in total. The fourth-order valence-corrected chi connectivity index (χ4v) is 2.28. The van der Waals surface area contributed by atoms with Gasteiger partial charge in [0.1, 0.15) is 12.4 Å². The number of rotatable bonds is 5. The highest BCUT2D eigenvalue weighted by Crippen LogP contribution is 2.36. The summed E-state index contributed by atoms with van der Waals surface area (Å²) in [6.07, 6.45) is 6.74. The van der Waals surface area contributed by atoms with Gasteiger partial charge in [0.25, 0.3) is 0 Å². The van der Waals surface area contributed by atoms with Crippen LogP contribution in [0.25, 0.3) is 0 Å². The Hall–Kier alpha value is -1.81. The number of carbonyl (C=O) groups is 1. The normalized spacial score (nSPS) is 14.4. The molecule has 2 aromatic rings. The molecule has 5 heteroatoms. The Morgan fingerprint density at radius 3 is 3.05 bits per heavy atom. The van der Waals surface area contributed by atoms with E-state index in [9.17, 15) is 4.79 Å². The first-order valence-electron chi connectivity index (χ1n) is 6.17. The minimum atomic E-state index is 0.362. The highest BCUT2D eigenvalue weighted by Gasteiger charge is 2.25. The van der Waals surface area contributed by atoms with Crippen molar-refractivity contribution in [2.75, 3.05) is 0 Å². The van der Waals surface area contributed by atoms with Crippen molar-refractivity contribution in [1.82, 2.24) is 9.55 Å². The second-order valence-corrected chi connectivity index (χ2v) is 5.00. The zero-order chi connectivity index (χ0) is 13.2. The number of aromatic nitrogens is 2. The maximum absolute atomic E-state index is 11.0. The highest BCUT2D eigenvalue weighted by molar-refractivity contribution is 6.32. The Morgan fingerprint density at radius 2 is 2.32 bits per heavy atom. The van der Waals surface area contributed by atoms with E-state index in [1.54, 1.807) is 24.4 Å². The lowest BCUT2D eigenvalue weighted by Crippen LogP contribution is -2.05. The summed E-state index contributed by atoms with van der Waals surface area (Å²) >= 11 is 6.06. The number of nitrogens with zero attached hydrogens (tertiary/aromatic N) is 2. The first-order chi connectivity index (χ1) is 9.29. The molecule has 0 unspecified atom stereocenters. The summed E-state index contributed by atoms with van der Waals surface area (Å²) in [7, 11) is 0. The number of carbonyl (C=O) groups excluding carboxylic acids is 1. The van der Waals surface area contributed by atoms with Crippen molar-refractivity contribution in [3.63, 3.8) is 0 Å². The number of para-hydroxylation sites is 1. The summed E-state index contributed by atoms with van der Waals surface area (Å²) < 4.78 is 7.82. The van der Waals surface area contributed by atoms with E-state index < -0.39 is 0 Å². The van der Waals surface area contributed by atoms with Gasteiger partial charge in [-0.25, -0.2) is 4.98 Å². The fourth-order valence-electron chi connectivity index (χ4n) is 2.04. The molecule has 1 saturated carbocycles. The number of halogens is 1. The lowest BCUT2D eigenvalue weighted by atomic mass is 10.2. The van der Waals surface area contributed by atoms with Crippen LogP contribution in [0, 0.1) is 0 Å². The molecule has 0 bridgehead atoms. The van der Waals surface area contributed by atoms with Crippen molar-refractivity contribution in [3.05, 3.63) is 47.0 Å². The smallest absolute Gasteiger partial charge is 0.153 e. The van der Waals surface area contributed by atoms with E-state index in [0.717, 1.165) is 12.0 Å². The number of benzene rings is 1. The van der Waals surface area contributed by atoms with Crippen LogP contribution in [0.5, 0.6) is 5.75 Å². The van der Waals surface area contributed by atoms with Crippen molar-refractivity contribution in [3.8, 4) is 5.75 Å². The lowest BCUT2D eigenvalue weighted by molar-refractivity contribution is 0.111. The van der Waals surface area contributed by atoms with E-state index in [0.29, 0.717) is 29.0 Å². The number of hydrogen-bond acceptors (Lipinski definition) is 3. The molecule has 4 nitrogen and oxygen atoms in total. The van der Waals surface area contributed by atoms with Gasteiger partial charge in [-0.1, -0.05) is 17.7 Å². The van der Waals surface area contributed by atoms with Crippen LogP contribution < -0.4 is 4.74 Å². The van der Waals surface area contributed by atoms with Gasteiger partial charge in [-0.15, -0.1) is 0 Å². The minimum Gasteiger partial charge on any atom is -0.485 e. The van der Waals surface area contributed by atoms with Crippen LogP contribution in [0.1, 0.15) is 34.9 Å². The maximum atomic E-state index is 11.0. The third kappa shape index (κ3) is 2.49. The van der Waals surface area contributed by atoms with Crippen LogP contribution in [-0.2, 0) is 6.61 Å². The number of imidazole rings is 1. The standard InChI is InChI=1S/C14H13ClN2O2/c15-13-3-1-2-10(7-18)14(13)19-8-12-6-16-9-17(12)11-4-5-11/h1-3,6-7,9,11H,4-5,8H2. The Bertz CT molecular complexity index is 605. The summed E-state index contributed by atoms with van der Waals surface area (Å²) in [6.45, 7) is 0.362. The van der Waals surface area contributed by atoms with Gasteiger partial charge >= 0.3 is 0 Å². The minimum absolute atomic E-state index is 0.362. The predicted molar refractivity (Wildman–Crippen MR) is 71.7 cm³/mol. The molecule has 0 atom stereocenters. The van der Waals surface area contributed by atoms with Gasteiger partial charge in [-0.2, -0.15) is 0 Å². The molecular weight excluding hydrogens is 264 g/mol. The molecule has 1 aromatic carbocycles. The summed E-state index contributed by atoms with van der Waals surface area (Å²) in [6, 6.07) is 5.68. The van der Waals surface area contributed by atoms with Crippen molar-refractivity contribution in [2.24, 2.45) is 0 Å². The zero-order valence-corrected chi connectivity index (χ0v) is 11.0. The number of ether oxygens (including phenoxy) is 1. The summed E-state index contributed by atoms with van der Waals surface area (Å²) in [4.78, 5) is 15.1. The SMILES string of the molecule is O=Cc1cccc(Cl)c1OCc1cncn1C1CC1. The van der Waals surface area contributed by atoms with Crippen LogP contribution in [0.3, 0.4) is 0 Å². The van der Waals surface area contributed by atoms with Crippen LogP contribution in [-0.4, -0.2) is 15.8 Å². The van der Waals surface area contributed by atoms with Gasteiger partial charge in [0, 0.05) is 6.04 Å². The van der Waals surface area contributed by atoms with Gasteiger partial charge in [-0.3, -0.25) is 4.79 Å². The van der Waals surface area contributed by atoms with Crippen LogP contribution in [0.2, 0.25) is 5.02 Å². The Morgan fingerprint density at radius 1 is 1.47 bits per heavy atom. The van der Waals surface area contributed by atoms with E-state index in [1.807, 2.05) is 6.33 Å². The van der Waals surface area contributed by atoms with Gasteiger partial charge in [-0.05, 0) is 25.0 Å². The first kappa shape index (κ1) is 12.2. The molecule has 0 spiro atoms. The molecular formula is C14H13ClN2O2. The number of hydrogen-bond donors (Lipinski definition) is 0. The molecule has 1 aromatic heterocycles. The van der Waals surface area contributed by atoms with Crippen molar-refractivity contribution in [2.45, 2.75) is 25.5 Å². The molecule has 1 heterocycles. The zero-order valence-electron chi connectivity index (χ0n) is 10.3. The second-order valence-electron chi connectivity index (χ2n) is 4.59. The molecule has 0 aliphatic heterocycles. The van der Waals surface area contributed by atoms with Crippen LogP contribution >= 0.6 is 11.6 Å². The van der Waals surface area contributed by atoms with E-state index in [1.165, 1.54) is 12.8 Å². The molecule has 1 aliphatic carbocycles. The molecule has 1 fully saturated rings. The molecule has 19 heavy (non-hydrogen) atoms. The summed E-state index contributed by atoms with van der Waals surface area (Å²) in [5.74, 6) is 0.433. The third-order valence-corrected chi connectivity index (χ3v) is 3.47. The average Bonchev–Trinajstić information content (AvgIpc) is 3.16. The Balaban J connectivity index is 1.79. The lowest BCUT2D eigenvalue weighted by Gasteiger charge is -2.11. The quantitative estimate of drug-likeness (QED) is 0.787. The molecule has 3 rings (SSSR count). The van der Waals surface area contributed by atoms with Crippen LogP contribution in [0.4, 0.5) is 0 Å². The molecule has 0 saturated heterocycles. The topological polar surface area (TPSA) is 44.1 Å². The van der Waals surface area contributed by atoms with E-state index in [-0.39, 0.29) is 0 Å². The van der Waals surface area contributed by atoms with Gasteiger partial charge < -0.3 is 9.30 Å². The van der Waals surface area contributed by atoms with Gasteiger partial charge in [0.2, 0.25) is 0 Å². The van der Waals surface area contributed by atoms with Crippen molar-refractivity contribution >= 4 is 17.9 Å². The summed E-state index contributed by atoms with van der Waals surface area (Å²) in [5.41, 5.74) is 1.46. The van der Waals surface area contributed by atoms with E-state index in [2.05, 4.69) is 9.55 Å². The van der Waals surface area contributed by atoms with E-state index in [4.69, 9.17) is 16.3 Å². The molecule has 98 valence electrons. The fraction of sp³-hybridized carbons (Fsp3) is 0.286. The predicted octanol–water partition coefficient (Wildman–Crippen LogP) is 3.26. The molecule has 0 amide bonds. The Labute approximate surface area is 116 Å². The van der Waals surface area contributed by atoms with Gasteiger partial charge in [0.05, 0.1) is 28.8 Å².